The number of β-amino-alcohol motifs (C(OH)–C–C–N with tert-alkyl or cyclic N) is 1. The molecule has 0 spiro atoms. The van der Waals surface area contributed by atoms with Gasteiger partial charge in [-0.1, -0.05) is 29.3 Å². The normalized spacial score (nSPS) is 14.5. The third-order valence-corrected chi connectivity index (χ3v) is 5.15. The molecule has 8 heteroatoms. The number of nitrogens with one attached hydrogen (secondary N) is 1. The minimum atomic E-state index is -0.130. The lowest BCUT2D eigenvalue weighted by atomic mass is 10.0. The van der Waals surface area contributed by atoms with E-state index in [0.717, 1.165) is 22.0 Å². The number of rotatable bonds is 3. The highest BCUT2D eigenvalue weighted by Gasteiger charge is 2.32. The molecule has 124 valence electrons. The summed E-state index contributed by atoms with van der Waals surface area (Å²) in [5.74, 6) is -0.130. The van der Waals surface area contributed by atoms with E-state index in [-0.39, 0.29) is 12.5 Å². The van der Waals surface area contributed by atoms with Crippen molar-refractivity contribution in [1.29, 1.82) is 0 Å². The van der Waals surface area contributed by atoms with Gasteiger partial charge in [-0.05, 0) is 6.07 Å². The maximum Gasteiger partial charge on any atom is 0.271 e. The molecule has 0 radical (unpaired) electrons. The Bertz CT molecular complexity index is 934. The highest BCUT2D eigenvalue weighted by atomic mass is 35.5. The van der Waals surface area contributed by atoms with Crippen LogP contribution in [-0.4, -0.2) is 50.4 Å². The van der Waals surface area contributed by atoms with Crippen molar-refractivity contribution in [1.82, 2.24) is 19.7 Å². The van der Waals surface area contributed by atoms with E-state index < -0.39 is 0 Å². The summed E-state index contributed by atoms with van der Waals surface area (Å²) in [6, 6.07) is 3.61. The number of hydrogen-bond donors (Lipinski definition) is 2. The van der Waals surface area contributed by atoms with E-state index >= 15 is 0 Å². The number of H-pyrrole nitrogens is 1. The predicted octanol–water partition coefficient (Wildman–Crippen LogP) is 2.79. The summed E-state index contributed by atoms with van der Waals surface area (Å²) >= 11 is 12.6. The lowest BCUT2D eigenvalue weighted by Crippen LogP contribution is -2.41. The Kier molecular flexibility index (Phi) is 3.75. The summed E-state index contributed by atoms with van der Waals surface area (Å²) in [6.45, 7) is 1.35. The van der Waals surface area contributed by atoms with Gasteiger partial charge in [0.1, 0.15) is 5.69 Å². The van der Waals surface area contributed by atoms with Crippen molar-refractivity contribution in [2.75, 3.05) is 19.7 Å². The quantitative estimate of drug-likeness (QED) is 0.750. The first kappa shape index (κ1) is 15.5. The Hall–Kier alpha value is -2.02. The van der Waals surface area contributed by atoms with Gasteiger partial charge in [-0.3, -0.25) is 9.89 Å². The van der Waals surface area contributed by atoms with Crippen LogP contribution in [0, 0.1) is 0 Å². The number of nitrogens with zero attached hydrogens (tertiary/aromatic N) is 3. The van der Waals surface area contributed by atoms with Gasteiger partial charge in [-0.2, -0.15) is 5.10 Å². The minimum Gasteiger partial charge on any atom is -0.395 e. The number of carbonyl (C=O) groups is 1. The van der Waals surface area contributed by atoms with Gasteiger partial charge in [-0.25, -0.2) is 0 Å². The van der Waals surface area contributed by atoms with Crippen molar-refractivity contribution in [3.05, 3.63) is 40.3 Å². The van der Waals surface area contributed by atoms with Crippen molar-refractivity contribution < 1.29 is 9.90 Å². The molecule has 24 heavy (non-hydrogen) atoms. The van der Waals surface area contributed by atoms with Crippen LogP contribution < -0.4 is 0 Å². The summed E-state index contributed by atoms with van der Waals surface area (Å²) < 4.78 is 1.92. The number of carbonyl (C=O) groups excluding carboxylic acids is 1. The van der Waals surface area contributed by atoms with Crippen LogP contribution in [0.15, 0.2) is 24.5 Å². The van der Waals surface area contributed by atoms with Gasteiger partial charge in [0.25, 0.3) is 5.91 Å². The van der Waals surface area contributed by atoms with Gasteiger partial charge in [0, 0.05) is 42.3 Å². The van der Waals surface area contributed by atoms with E-state index in [9.17, 15) is 9.90 Å². The number of fused-ring (bicyclic) bond motifs is 3. The molecule has 1 aromatic carbocycles. The zero-order valence-electron chi connectivity index (χ0n) is 12.6. The Balaban J connectivity index is 2.06. The largest absolute Gasteiger partial charge is 0.395 e. The van der Waals surface area contributed by atoms with Crippen molar-refractivity contribution in [3.8, 4) is 11.1 Å². The molecule has 0 saturated heterocycles. The number of halogens is 2. The number of amides is 1. The van der Waals surface area contributed by atoms with Crippen molar-refractivity contribution in [2.45, 2.75) is 6.54 Å². The Labute approximate surface area is 147 Å². The van der Waals surface area contributed by atoms with Crippen LogP contribution in [-0.2, 0) is 6.54 Å². The summed E-state index contributed by atoms with van der Waals surface area (Å²) in [5.41, 5.74) is 2.90. The highest BCUT2D eigenvalue weighted by Crippen LogP contribution is 2.41. The lowest BCUT2D eigenvalue weighted by molar-refractivity contribution is 0.0672. The smallest absolute Gasteiger partial charge is 0.271 e. The maximum absolute atomic E-state index is 13.0. The molecule has 2 N–H and O–H groups in total. The summed E-state index contributed by atoms with van der Waals surface area (Å²) in [7, 11) is 0. The van der Waals surface area contributed by atoms with Crippen LogP contribution >= 0.6 is 23.2 Å². The first-order chi connectivity index (χ1) is 11.6. The van der Waals surface area contributed by atoms with E-state index in [1.807, 2.05) is 10.6 Å². The van der Waals surface area contributed by atoms with Crippen LogP contribution in [0.4, 0.5) is 0 Å². The Morgan fingerprint density at radius 2 is 2.12 bits per heavy atom. The second-order valence-corrected chi connectivity index (χ2v) is 6.42. The number of aliphatic hydroxyl groups is 1. The third kappa shape index (κ3) is 2.14. The summed E-state index contributed by atoms with van der Waals surface area (Å²) in [4.78, 5) is 14.6. The molecule has 0 fully saturated rings. The number of aromatic amines is 1. The lowest BCUT2D eigenvalue weighted by Gasteiger charge is -2.28. The maximum atomic E-state index is 13.0. The SMILES string of the molecule is O=C1c2c(-c3cn[nH]c3)c3ccc(Cl)c(Cl)c3n2CCN1CCO. The zero-order chi connectivity index (χ0) is 16.8. The Morgan fingerprint density at radius 3 is 2.83 bits per heavy atom. The predicted molar refractivity (Wildman–Crippen MR) is 92.5 cm³/mol. The average molecular weight is 365 g/mol. The number of aromatic nitrogens is 3. The van der Waals surface area contributed by atoms with Crippen molar-refractivity contribution in [3.63, 3.8) is 0 Å². The molecule has 0 saturated carbocycles. The van der Waals surface area contributed by atoms with E-state index in [2.05, 4.69) is 10.2 Å². The number of hydrogen-bond acceptors (Lipinski definition) is 3. The molecule has 4 rings (SSSR count). The fourth-order valence-electron chi connectivity index (χ4n) is 3.31. The van der Waals surface area contributed by atoms with Gasteiger partial charge >= 0.3 is 0 Å². The molecule has 1 aliphatic heterocycles. The van der Waals surface area contributed by atoms with Gasteiger partial charge in [0.2, 0.25) is 0 Å². The second kappa shape index (κ2) is 5.81. The van der Waals surface area contributed by atoms with E-state index in [1.165, 1.54) is 0 Å². The van der Waals surface area contributed by atoms with Crippen molar-refractivity contribution in [2.24, 2.45) is 0 Å². The molecule has 0 bridgehead atoms. The zero-order valence-corrected chi connectivity index (χ0v) is 14.1. The molecule has 0 unspecified atom stereocenters. The first-order valence-corrected chi connectivity index (χ1v) is 8.28. The number of benzene rings is 1. The molecule has 3 heterocycles. The van der Waals surface area contributed by atoms with E-state index in [0.29, 0.717) is 35.4 Å². The molecule has 3 aromatic rings. The van der Waals surface area contributed by atoms with Crippen LogP contribution in [0.1, 0.15) is 10.5 Å². The van der Waals surface area contributed by atoms with Crippen LogP contribution in [0.5, 0.6) is 0 Å². The molecule has 6 nitrogen and oxygen atoms in total. The van der Waals surface area contributed by atoms with Gasteiger partial charge in [-0.15, -0.1) is 0 Å². The van der Waals surface area contributed by atoms with Crippen LogP contribution in [0.2, 0.25) is 10.0 Å². The summed E-state index contributed by atoms with van der Waals surface area (Å²) in [6.07, 6.45) is 3.42. The molecule has 1 aliphatic rings. The van der Waals surface area contributed by atoms with Crippen LogP contribution in [0.3, 0.4) is 0 Å². The van der Waals surface area contributed by atoms with Crippen LogP contribution in [0.25, 0.3) is 22.0 Å². The average Bonchev–Trinajstić information content (AvgIpc) is 3.19. The molecule has 1 amide bonds. The second-order valence-electron chi connectivity index (χ2n) is 5.64. The third-order valence-electron chi connectivity index (χ3n) is 4.36. The minimum absolute atomic E-state index is 0.0698. The first-order valence-electron chi connectivity index (χ1n) is 7.53. The van der Waals surface area contributed by atoms with E-state index in [4.69, 9.17) is 23.2 Å². The summed E-state index contributed by atoms with van der Waals surface area (Å²) in [5, 5.41) is 17.7. The molecule has 0 atom stereocenters. The highest BCUT2D eigenvalue weighted by molar-refractivity contribution is 6.45. The van der Waals surface area contributed by atoms with Crippen molar-refractivity contribution >= 4 is 40.0 Å². The number of aliphatic hydroxyl groups excluding tert-OH is 1. The molecular weight excluding hydrogens is 351 g/mol. The fraction of sp³-hybridized carbons (Fsp3) is 0.250. The fourth-order valence-corrected chi connectivity index (χ4v) is 3.73. The van der Waals surface area contributed by atoms with Gasteiger partial charge in [0.05, 0.1) is 28.4 Å². The standard InChI is InChI=1S/C16H14Cl2N4O2/c17-11-2-1-10-12(9-7-19-20-8-9)15-16(24)21(5-6-23)3-4-22(15)14(10)13(11)18/h1-2,7-8,23H,3-6H2,(H,19,20). The molecule has 0 aliphatic carbocycles. The monoisotopic (exact) mass is 364 g/mol. The molecule has 2 aromatic heterocycles. The Morgan fingerprint density at radius 1 is 1.29 bits per heavy atom. The van der Waals surface area contributed by atoms with E-state index in [1.54, 1.807) is 23.4 Å². The van der Waals surface area contributed by atoms with Gasteiger partial charge in [0.15, 0.2) is 0 Å². The van der Waals surface area contributed by atoms with Gasteiger partial charge < -0.3 is 14.6 Å². The topological polar surface area (TPSA) is 74.2 Å². The molecular formula is C16H14Cl2N4O2.